The zero-order valence-corrected chi connectivity index (χ0v) is 12.1. The molecule has 0 amide bonds. The second-order valence-electron chi connectivity index (χ2n) is 5.51. The van der Waals surface area contributed by atoms with E-state index in [1.165, 1.54) is 0 Å². The third kappa shape index (κ3) is 3.95. The first kappa shape index (κ1) is 15.4. The molecule has 1 saturated carbocycles. The Morgan fingerprint density at radius 3 is 2.67 bits per heavy atom. The lowest BCUT2D eigenvalue weighted by atomic mass is 9.64. The number of unbranched alkanes of at least 4 members (excludes halogenated alkanes) is 1. The Morgan fingerprint density at radius 1 is 1.39 bits per heavy atom. The Morgan fingerprint density at radius 2 is 2.11 bits per heavy atom. The molecule has 0 heterocycles. The average molecular weight is 257 g/mol. The van der Waals surface area contributed by atoms with Gasteiger partial charge in [-0.3, -0.25) is 4.79 Å². The van der Waals surface area contributed by atoms with Gasteiger partial charge in [0.1, 0.15) is 0 Å². The fraction of sp³-hybridized carbons (Fsp3) is 0.929. The van der Waals surface area contributed by atoms with Crippen LogP contribution in [-0.4, -0.2) is 37.9 Å². The quantitative estimate of drug-likeness (QED) is 0.534. The van der Waals surface area contributed by atoms with Crippen LogP contribution < -0.4 is 5.32 Å². The van der Waals surface area contributed by atoms with Crippen molar-refractivity contribution in [2.45, 2.75) is 59.1 Å². The Balaban J connectivity index is 2.19. The van der Waals surface area contributed by atoms with Gasteiger partial charge in [-0.15, -0.1) is 0 Å². The average Bonchev–Trinajstić information content (AvgIpc) is 2.33. The standard InChI is InChI=1S/C14H27NO3/c1-5-7-8-18-13(16)10-15-11-9-12(17-6-2)14(11,3)4/h11-12,15H,5-10H2,1-4H3. The number of nitrogens with one attached hydrogen (secondary N) is 1. The van der Waals surface area contributed by atoms with E-state index in [0.29, 0.717) is 25.3 Å². The zero-order valence-electron chi connectivity index (χ0n) is 12.1. The van der Waals surface area contributed by atoms with E-state index in [-0.39, 0.29) is 11.4 Å². The minimum atomic E-state index is -0.154. The van der Waals surface area contributed by atoms with Crippen molar-refractivity contribution in [3.8, 4) is 0 Å². The lowest BCUT2D eigenvalue weighted by molar-refractivity contribution is -0.145. The highest BCUT2D eigenvalue weighted by molar-refractivity contribution is 5.71. The summed E-state index contributed by atoms with van der Waals surface area (Å²) in [5, 5.41) is 3.27. The summed E-state index contributed by atoms with van der Waals surface area (Å²) in [6.07, 6.45) is 3.26. The molecule has 0 spiro atoms. The van der Waals surface area contributed by atoms with E-state index in [1.54, 1.807) is 0 Å². The lowest BCUT2D eigenvalue weighted by Crippen LogP contribution is -2.61. The molecule has 0 aliphatic heterocycles. The molecule has 2 atom stereocenters. The highest BCUT2D eigenvalue weighted by Gasteiger charge is 2.48. The van der Waals surface area contributed by atoms with E-state index in [0.717, 1.165) is 25.9 Å². The summed E-state index contributed by atoms with van der Waals surface area (Å²) in [5.41, 5.74) is 0.0969. The van der Waals surface area contributed by atoms with E-state index in [2.05, 4.69) is 26.1 Å². The molecular weight excluding hydrogens is 230 g/mol. The van der Waals surface area contributed by atoms with Crippen molar-refractivity contribution >= 4 is 5.97 Å². The molecule has 0 aromatic carbocycles. The summed E-state index contributed by atoms with van der Waals surface area (Å²) in [7, 11) is 0. The molecule has 1 aliphatic rings. The van der Waals surface area contributed by atoms with Crippen LogP contribution in [0.5, 0.6) is 0 Å². The van der Waals surface area contributed by atoms with Gasteiger partial charge in [0.2, 0.25) is 0 Å². The van der Waals surface area contributed by atoms with Crippen LogP contribution in [0.3, 0.4) is 0 Å². The number of rotatable bonds is 8. The van der Waals surface area contributed by atoms with Gasteiger partial charge < -0.3 is 14.8 Å². The molecule has 0 bridgehead atoms. The second-order valence-corrected chi connectivity index (χ2v) is 5.51. The molecule has 1 N–H and O–H groups in total. The summed E-state index contributed by atoms with van der Waals surface area (Å²) < 4.78 is 10.8. The SMILES string of the molecule is CCCCOC(=O)CNC1CC(OCC)C1(C)C. The maximum absolute atomic E-state index is 11.5. The first-order chi connectivity index (χ1) is 8.52. The van der Waals surface area contributed by atoms with Gasteiger partial charge in [0.15, 0.2) is 0 Å². The third-order valence-corrected chi connectivity index (χ3v) is 3.80. The molecule has 18 heavy (non-hydrogen) atoms. The fourth-order valence-electron chi connectivity index (χ4n) is 2.30. The van der Waals surface area contributed by atoms with E-state index in [4.69, 9.17) is 9.47 Å². The minimum Gasteiger partial charge on any atom is -0.465 e. The molecule has 106 valence electrons. The van der Waals surface area contributed by atoms with Crippen LogP contribution in [-0.2, 0) is 14.3 Å². The normalized spacial score (nSPS) is 25.6. The molecule has 0 aromatic heterocycles. The van der Waals surface area contributed by atoms with E-state index in [9.17, 15) is 4.79 Å². The van der Waals surface area contributed by atoms with Crippen LogP contribution in [0.1, 0.15) is 47.0 Å². The van der Waals surface area contributed by atoms with Gasteiger partial charge in [-0.1, -0.05) is 27.2 Å². The molecule has 0 aromatic rings. The van der Waals surface area contributed by atoms with Crippen molar-refractivity contribution in [2.24, 2.45) is 5.41 Å². The maximum Gasteiger partial charge on any atom is 0.319 e. The molecule has 1 fully saturated rings. The van der Waals surface area contributed by atoms with Gasteiger partial charge in [-0.05, 0) is 19.8 Å². The zero-order chi connectivity index (χ0) is 13.6. The molecule has 1 rings (SSSR count). The van der Waals surface area contributed by atoms with Gasteiger partial charge in [-0.2, -0.15) is 0 Å². The Kier molecular flexibility index (Phi) is 6.09. The highest BCUT2D eigenvalue weighted by atomic mass is 16.5. The van der Waals surface area contributed by atoms with E-state index in [1.807, 2.05) is 6.92 Å². The maximum atomic E-state index is 11.5. The highest BCUT2D eigenvalue weighted by Crippen LogP contribution is 2.42. The van der Waals surface area contributed by atoms with Gasteiger partial charge in [0, 0.05) is 18.1 Å². The van der Waals surface area contributed by atoms with Gasteiger partial charge in [0.05, 0.1) is 19.3 Å². The predicted octanol–water partition coefficient (Wildman–Crippen LogP) is 2.12. The second kappa shape index (κ2) is 7.10. The molecule has 4 heteroatoms. The smallest absolute Gasteiger partial charge is 0.319 e. The van der Waals surface area contributed by atoms with Crippen molar-refractivity contribution in [3.05, 3.63) is 0 Å². The van der Waals surface area contributed by atoms with Crippen molar-refractivity contribution in [3.63, 3.8) is 0 Å². The minimum absolute atomic E-state index is 0.0969. The monoisotopic (exact) mass is 257 g/mol. The molecular formula is C14H27NO3. The van der Waals surface area contributed by atoms with Crippen molar-refractivity contribution in [1.29, 1.82) is 0 Å². The fourth-order valence-corrected chi connectivity index (χ4v) is 2.30. The molecule has 2 unspecified atom stereocenters. The van der Waals surface area contributed by atoms with Gasteiger partial charge in [0.25, 0.3) is 0 Å². The van der Waals surface area contributed by atoms with Crippen LogP contribution >= 0.6 is 0 Å². The third-order valence-electron chi connectivity index (χ3n) is 3.80. The predicted molar refractivity (Wildman–Crippen MR) is 71.5 cm³/mol. The summed E-state index contributed by atoms with van der Waals surface area (Å²) in [4.78, 5) is 11.5. The number of hydrogen-bond donors (Lipinski definition) is 1. The Labute approximate surface area is 110 Å². The number of carbonyl (C=O) groups is 1. The summed E-state index contributed by atoms with van der Waals surface area (Å²) in [6.45, 7) is 10.0. The van der Waals surface area contributed by atoms with E-state index < -0.39 is 0 Å². The number of carbonyl (C=O) groups excluding carboxylic acids is 1. The topological polar surface area (TPSA) is 47.6 Å². The first-order valence-electron chi connectivity index (χ1n) is 7.03. The van der Waals surface area contributed by atoms with Crippen molar-refractivity contribution < 1.29 is 14.3 Å². The summed E-state index contributed by atoms with van der Waals surface area (Å²) in [6, 6.07) is 0.341. The molecule has 0 radical (unpaired) electrons. The Hall–Kier alpha value is -0.610. The number of ether oxygens (including phenoxy) is 2. The van der Waals surface area contributed by atoms with Crippen molar-refractivity contribution in [1.82, 2.24) is 5.32 Å². The molecule has 0 saturated heterocycles. The van der Waals surface area contributed by atoms with Crippen LogP contribution in [0.4, 0.5) is 0 Å². The van der Waals surface area contributed by atoms with E-state index >= 15 is 0 Å². The lowest BCUT2D eigenvalue weighted by Gasteiger charge is -2.51. The van der Waals surface area contributed by atoms with Crippen LogP contribution in [0.15, 0.2) is 0 Å². The molecule has 4 nitrogen and oxygen atoms in total. The van der Waals surface area contributed by atoms with Crippen LogP contribution in [0.2, 0.25) is 0 Å². The van der Waals surface area contributed by atoms with Crippen LogP contribution in [0, 0.1) is 5.41 Å². The summed E-state index contributed by atoms with van der Waals surface area (Å²) in [5.74, 6) is -0.154. The molecule has 1 aliphatic carbocycles. The number of hydrogen-bond acceptors (Lipinski definition) is 4. The van der Waals surface area contributed by atoms with Gasteiger partial charge >= 0.3 is 5.97 Å². The summed E-state index contributed by atoms with van der Waals surface area (Å²) >= 11 is 0. The number of esters is 1. The Bertz CT molecular complexity index is 266. The largest absolute Gasteiger partial charge is 0.465 e. The van der Waals surface area contributed by atoms with Crippen LogP contribution in [0.25, 0.3) is 0 Å². The van der Waals surface area contributed by atoms with Gasteiger partial charge in [-0.25, -0.2) is 0 Å². The first-order valence-corrected chi connectivity index (χ1v) is 7.03. The van der Waals surface area contributed by atoms with Crippen molar-refractivity contribution in [2.75, 3.05) is 19.8 Å².